The van der Waals surface area contributed by atoms with Crippen LogP contribution in [0.3, 0.4) is 0 Å². The highest BCUT2D eigenvalue weighted by atomic mass is 79.9. The standard InChI is InChI=1S/C15H16BrNO/c1-3-14(16)15-8-7-12(10-17-15)11-5-4-6-13(9-11)18-2/h4-10,14H,3H2,1-2H3. The van der Waals surface area contributed by atoms with Crippen LogP contribution in [0.5, 0.6) is 5.75 Å². The lowest BCUT2D eigenvalue weighted by molar-refractivity contribution is 0.415. The van der Waals surface area contributed by atoms with Gasteiger partial charge in [-0.15, -0.1) is 0 Å². The van der Waals surface area contributed by atoms with Crippen molar-refractivity contribution in [3.05, 3.63) is 48.3 Å². The van der Waals surface area contributed by atoms with Gasteiger partial charge in [0.05, 0.1) is 17.6 Å². The predicted octanol–water partition coefficient (Wildman–Crippen LogP) is 4.60. The maximum absolute atomic E-state index is 5.23. The van der Waals surface area contributed by atoms with Gasteiger partial charge in [0, 0.05) is 11.8 Å². The second-order valence-electron chi connectivity index (χ2n) is 4.08. The molecule has 1 aromatic heterocycles. The van der Waals surface area contributed by atoms with E-state index in [0.29, 0.717) is 4.83 Å². The van der Waals surface area contributed by atoms with Crippen molar-refractivity contribution in [2.75, 3.05) is 7.11 Å². The highest BCUT2D eigenvalue weighted by molar-refractivity contribution is 9.09. The first-order valence-corrected chi connectivity index (χ1v) is 6.90. The second-order valence-corrected chi connectivity index (χ2v) is 5.18. The van der Waals surface area contributed by atoms with Crippen LogP contribution in [0.25, 0.3) is 11.1 Å². The lowest BCUT2D eigenvalue weighted by Crippen LogP contribution is -1.92. The van der Waals surface area contributed by atoms with Crippen LogP contribution in [0.4, 0.5) is 0 Å². The fourth-order valence-electron chi connectivity index (χ4n) is 1.77. The molecule has 2 aromatic rings. The Hall–Kier alpha value is -1.35. The first-order valence-electron chi connectivity index (χ1n) is 5.99. The topological polar surface area (TPSA) is 22.1 Å². The Morgan fingerprint density at radius 1 is 1.22 bits per heavy atom. The van der Waals surface area contributed by atoms with Gasteiger partial charge in [-0.1, -0.05) is 41.1 Å². The average molecular weight is 306 g/mol. The summed E-state index contributed by atoms with van der Waals surface area (Å²) in [4.78, 5) is 4.82. The Labute approximate surface area is 116 Å². The minimum atomic E-state index is 0.330. The van der Waals surface area contributed by atoms with E-state index in [0.717, 1.165) is 29.0 Å². The van der Waals surface area contributed by atoms with Crippen molar-refractivity contribution in [2.45, 2.75) is 18.2 Å². The molecule has 2 rings (SSSR count). The van der Waals surface area contributed by atoms with Crippen molar-refractivity contribution in [1.82, 2.24) is 4.98 Å². The van der Waals surface area contributed by atoms with Crippen molar-refractivity contribution in [1.29, 1.82) is 0 Å². The molecule has 0 radical (unpaired) electrons. The van der Waals surface area contributed by atoms with Gasteiger partial charge >= 0.3 is 0 Å². The number of methoxy groups -OCH3 is 1. The number of rotatable bonds is 4. The fraction of sp³-hybridized carbons (Fsp3) is 0.267. The van der Waals surface area contributed by atoms with Crippen molar-refractivity contribution in [3.8, 4) is 16.9 Å². The summed E-state index contributed by atoms with van der Waals surface area (Å²) in [6.45, 7) is 2.14. The first kappa shape index (κ1) is 13.1. The van der Waals surface area contributed by atoms with E-state index in [1.807, 2.05) is 24.4 Å². The third kappa shape index (κ3) is 2.91. The monoisotopic (exact) mass is 305 g/mol. The molecule has 94 valence electrons. The molecule has 1 aromatic carbocycles. The summed E-state index contributed by atoms with van der Waals surface area (Å²) in [5.41, 5.74) is 3.30. The zero-order valence-corrected chi connectivity index (χ0v) is 12.1. The van der Waals surface area contributed by atoms with Crippen LogP contribution in [0.2, 0.25) is 0 Å². The van der Waals surface area contributed by atoms with Gasteiger partial charge in [-0.3, -0.25) is 4.98 Å². The van der Waals surface area contributed by atoms with Gasteiger partial charge in [0.2, 0.25) is 0 Å². The molecule has 0 bridgehead atoms. The zero-order valence-electron chi connectivity index (χ0n) is 10.6. The van der Waals surface area contributed by atoms with Gasteiger partial charge in [0.25, 0.3) is 0 Å². The molecule has 18 heavy (non-hydrogen) atoms. The van der Waals surface area contributed by atoms with Gasteiger partial charge < -0.3 is 4.74 Å². The van der Waals surface area contributed by atoms with Crippen LogP contribution in [-0.4, -0.2) is 12.1 Å². The van der Waals surface area contributed by atoms with E-state index in [1.165, 1.54) is 0 Å². The molecule has 0 fully saturated rings. The molecule has 1 atom stereocenters. The van der Waals surface area contributed by atoms with Gasteiger partial charge in [-0.2, -0.15) is 0 Å². The Kier molecular flexibility index (Phi) is 4.37. The number of aromatic nitrogens is 1. The molecule has 3 heteroatoms. The summed E-state index contributed by atoms with van der Waals surface area (Å²) in [6, 6.07) is 12.2. The molecule has 0 spiro atoms. The summed E-state index contributed by atoms with van der Waals surface area (Å²) < 4.78 is 5.23. The summed E-state index contributed by atoms with van der Waals surface area (Å²) in [5, 5.41) is 0. The molecule has 2 nitrogen and oxygen atoms in total. The third-order valence-electron chi connectivity index (χ3n) is 2.87. The number of hydrogen-bond donors (Lipinski definition) is 0. The van der Waals surface area contributed by atoms with E-state index >= 15 is 0 Å². The van der Waals surface area contributed by atoms with Gasteiger partial charge in [0.1, 0.15) is 5.75 Å². The molecule has 0 saturated carbocycles. The van der Waals surface area contributed by atoms with Crippen molar-refractivity contribution < 1.29 is 4.74 Å². The SMILES string of the molecule is CCC(Br)c1ccc(-c2cccc(OC)c2)cn1. The Bertz CT molecular complexity index is 510. The summed E-state index contributed by atoms with van der Waals surface area (Å²) in [6.07, 6.45) is 2.94. The number of pyridine rings is 1. The summed E-state index contributed by atoms with van der Waals surface area (Å²) in [5.74, 6) is 0.864. The van der Waals surface area contributed by atoms with Crippen molar-refractivity contribution >= 4 is 15.9 Å². The Morgan fingerprint density at radius 3 is 2.67 bits per heavy atom. The lowest BCUT2D eigenvalue weighted by Gasteiger charge is -2.08. The van der Waals surface area contributed by atoms with E-state index in [9.17, 15) is 0 Å². The molecule has 0 saturated heterocycles. The molecule has 0 aliphatic heterocycles. The highest BCUT2D eigenvalue weighted by Gasteiger charge is 2.06. The minimum Gasteiger partial charge on any atom is -0.497 e. The van der Waals surface area contributed by atoms with E-state index < -0.39 is 0 Å². The van der Waals surface area contributed by atoms with Crippen LogP contribution in [0.15, 0.2) is 42.6 Å². The third-order valence-corrected chi connectivity index (χ3v) is 3.99. The van der Waals surface area contributed by atoms with E-state index in [2.05, 4.69) is 46.0 Å². The molecule has 0 aliphatic rings. The van der Waals surface area contributed by atoms with Crippen molar-refractivity contribution in [3.63, 3.8) is 0 Å². The van der Waals surface area contributed by atoms with Crippen LogP contribution < -0.4 is 4.74 Å². The number of alkyl halides is 1. The zero-order chi connectivity index (χ0) is 13.0. The quantitative estimate of drug-likeness (QED) is 0.770. The Balaban J connectivity index is 2.28. The molecule has 1 heterocycles. The maximum Gasteiger partial charge on any atom is 0.119 e. The summed E-state index contributed by atoms with van der Waals surface area (Å²) in [7, 11) is 1.68. The molecule has 1 unspecified atom stereocenters. The average Bonchev–Trinajstić information content (AvgIpc) is 2.46. The maximum atomic E-state index is 5.23. The first-order chi connectivity index (χ1) is 8.74. The molecule has 0 amide bonds. The number of benzene rings is 1. The van der Waals surface area contributed by atoms with Crippen molar-refractivity contribution in [2.24, 2.45) is 0 Å². The molecular formula is C15H16BrNO. The van der Waals surface area contributed by atoms with E-state index in [-0.39, 0.29) is 0 Å². The van der Waals surface area contributed by atoms with Gasteiger partial charge in [-0.25, -0.2) is 0 Å². The van der Waals surface area contributed by atoms with Gasteiger partial charge in [0.15, 0.2) is 0 Å². The number of hydrogen-bond acceptors (Lipinski definition) is 2. The summed E-state index contributed by atoms with van der Waals surface area (Å²) >= 11 is 3.61. The minimum absolute atomic E-state index is 0.330. The van der Waals surface area contributed by atoms with Gasteiger partial charge in [-0.05, 0) is 30.2 Å². The number of halogens is 1. The second kappa shape index (κ2) is 6.01. The van der Waals surface area contributed by atoms with E-state index in [4.69, 9.17) is 4.74 Å². The smallest absolute Gasteiger partial charge is 0.119 e. The molecule has 0 N–H and O–H groups in total. The van der Waals surface area contributed by atoms with Crippen LogP contribution in [0, 0.1) is 0 Å². The highest BCUT2D eigenvalue weighted by Crippen LogP contribution is 2.27. The van der Waals surface area contributed by atoms with E-state index in [1.54, 1.807) is 7.11 Å². The predicted molar refractivity (Wildman–Crippen MR) is 78.2 cm³/mol. The lowest BCUT2D eigenvalue weighted by atomic mass is 10.1. The largest absolute Gasteiger partial charge is 0.497 e. The fourth-order valence-corrected chi connectivity index (χ4v) is 2.04. The van der Waals surface area contributed by atoms with Crippen LogP contribution in [0.1, 0.15) is 23.9 Å². The van der Waals surface area contributed by atoms with Crippen LogP contribution in [-0.2, 0) is 0 Å². The Morgan fingerprint density at radius 2 is 2.06 bits per heavy atom. The molecular weight excluding hydrogens is 290 g/mol. The van der Waals surface area contributed by atoms with Crippen LogP contribution >= 0.6 is 15.9 Å². The number of ether oxygens (including phenoxy) is 1. The normalized spacial score (nSPS) is 12.2. The molecule has 0 aliphatic carbocycles. The number of nitrogens with zero attached hydrogens (tertiary/aromatic N) is 1.